The molecule has 0 aromatic heterocycles. The average molecular weight is 237 g/mol. The van der Waals surface area contributed by atoms with Crippen LogP contribution < -0.4 is 14.8 Å². The second-order valence-electron chi connectivity index (χ2n) is 4.41. The molecule has 0 fully saturated rings. The van der Waals surface area contributed by atoms with Gasteiger partial charge in [-0.05, 0) is 38.1 Å². The zero-order chi connectivity index (χ0) is 12.3. The molecular weight excluding hydrogens is 218 g/mol. The predicted octanol–water partition coefficient (Wildman–Crippen LogP) is 1.27. The fourth-order valence-corrected chi connectivity index (χ4v) is 2.02. The van der Waals surface area contributed by atoms with E-state index in [1.807, 2.05) is 25.2 Å². The van der Waals surface area contributed by atoms with Crippen LogP contribution in [0, 0.1) is 0 Å². The van der Waals surface area contributed by atoms with Crippen molar-refractivity contribution < 1.29 is 14.6 Å². The van der Waals surface area contributed by atoms with Crippen molar-refractivity contribution in [3.8, 4) is 11.5 Å². The lowest BCUT2D eigenvalue weighted by atomic mass is 9.89. The van der Waals surface area contributed by atoms with Crippen LogP contribution in [-0.4, -0.2) is 32.0 Å². The molecule has 1 aromatic carbocycles. The van der Waals surface area contributed by atoms with E-state index in [4.69, 9.17) is 14.6 Å². The minimum Gasteiger partial charge on any atom is -0.486 e. The lowest BCUT2D eigenvalue weighted by molar-refractivity contribution is 0.170. The summed E-state index contributed by atoms with van der Waals surface area (Å²) in [6.45, 7) is 3.40. The normalized spacial score (nSPS) is 17.6. The van der Waals surface area contributed by atoms with E-state index in [9.17, 15) is 0 Å². The summed E-state index contributed by atoms with van der Waals surface area (Å²) < 4.78 is 11.1. The maximum Gasteiger partial charge on any atom is 0.161 e. The van der Waals surface area contributed by atoms with Crippen molar-refractivity contribution in [3.05, 3.63) is 23.8 Å². The molecule has 0 saturated carbocycles. The van der Waals surface area contributed by atoms with E-state index in [2.05, 4.69) is 12.2 Å². The van der Waals surface area contributed by atoms with Gasteiger partial charge in [-0.3, -0.25) is 0 Å². The molecule has 1 aromatic rings. The number of nitrogens with one attached hydrogen (secondary N) is 1. The largest absolute Gasteiger partial charge is 0.486 e. The molecule has 94 valence electrons. The molecule has 1 unspecified atom stereocenters. The highest BCUT2D eigenvalue weighted by molar-refractivity contribution is 5.45. The molecule has 17 heavy (non-hydrogen) atoms. The lowest BCUT2D eigenvalue weighted by Gasteiger charge is -2.30. The van der Waals surface area contributed by atoms with E-state index in [0.717, 1.165) is 17.1 Å². The Balaban J connectivity index is 2.32. The zero-order valence-electron chi connectivity index (χ0n) is 10.3. The number of ether oxygens (including phenoxy) is 2. The SMILES string of the molecule is CNC(C)(CCO)c1ccc2c(c1)OCCO2. The monoisotopic (exact) mass is 237 g/mol. The van der Waals surface area contributed by atoms with Crippen LogP contribution in [0.15, 0.2) is 18.2 Å². The van der Waals surface area contributed by atoms with Gasteiger partial charge in [-0.2, -0.15) is 0 Å². The number of aliphatic hydroxyl groups excluding tert-OH is 1. The van der Waals surface area contributed by atoms with Crippen molar-refractivity contribution in [2.45, 2.75) is 18.9 Å². The second kappa shape index (κ2) is 4.94. The standard InChI is InChI=1S/C13H19NO3/c1-13(14-2,5-6-15)10-3-4-11-12(9-10)17-8-7-16-11/h3-4,9,14-15H,5-8H2,1-2H3. The molecule has 0 radical (unpaired) electrons. The van der Waals surface area contributed by atoms with E-state index in [-0.39, 0.29) is 12.1 Å². The predicted molar refractivity (Wildman–Crippen MR) is 65.5 cm³/mol. The smallest absolute Gasteiger partial charge is 0.161 e. The molecule has 0 bridgehead atoms. The first-order chi connectivity index (χ1) is 8.19. The topological polar surface area (TPSA) is 50.7 Å². The molecule has 1 aliphatic rings. The summed E-state index contributed by atoms with van der Waals surface area (Å²) in [4.78, 5) is 0. The molecule has 2 rings (SSSR count). The van der Waals surface area contributed by atoms with Crippen molar-refractivity contribution in [1.29, 1.82) is 0 Å². The number of hydrogen-bond acceptors (Lipinski definition) is 4. The maximum atomic E-state index is 9.14. The summed E-state index contributed by atoms with van der Waals surface area (Å²) in [5.41, 5.74) is 0.850. The van der Waals surface area contributed by atoms with Crippen molar-refractivity contribution in [1.82, 2.24) is 5.32 Å². The molecule has 4 nitrogen and oxygen atoms in total. The Morgan fingerprint density at radius 2 is 2.00 bits per heavy atom. The van der Waals surface area contributed by atoms with Crippen molar-refractivity contribution in [2.24, 2.45) is 0 Å². The Kier molecular flexibility index (Phi) is 3.54. The molecule has 1 aliphatic heterocycles. The molecule has 0 amide bonds. The highest BCUT2D eigenvalue weighted by Gasteiger charge is 2.25. The fourth-order valence-electron chi connectivity index (χ4n) is 2.02. The van der Waals surface area contributed by atoms with Gasteiger partial charge in [0.15, 0.2) is 11.5 Å². The molecule has 0 aliphatic carbocycles. The molecule has 1 atom stereocenters. The van der Waals surface area contributed by atoms with Gasteiger partial charge in [0, 0.05) is 12.1 Å². The minimum atomic E-state index is -0.245. The summed E-state index contributed by atoms with van der Waals surface area (Å²) in [6, 6.07) is 5.93. The van der Waals surface area contributed by atoms with Gasteiger partial charge in [0.25, 0.3) is 0 Å². The van der Waals surface area contributed by atoms with E-state index >= 15 is 0 Å². The molecular formula is C13H19NO3. The fraction of sp³-hybridized carbons (Fsp3) is 0.538. The first kappa shape index (κ1) is 12.2. The summed E-state index contributed by atoms with van der Waals surface area (Å²) in [6.07, 6.45) is 0.656. The number of hydrogen-bond donors (Lipinski definition) is 2. The van der Waals surface area contributed by atoms with Crippen LogP contribution >= 0.6 is 0 Å². The third kappa shape index (κ3) is 2.37. The Hall–Kier alpha value is -1.26. The van der Waals surface area contributed by atoms with Gasteiger partial charge in [-0.1, -0.05) is 6.07 Å². The molecule has 0 spiro atoms. The van der Waals surface area contributed by atoms with Gasteiger partial charge >= 0.3 is 0 Å². The number of benzene rings is 1. The van der Waals surface area contributed by atoms with Crippen molar-refractivity contribution >= 4 is 0 Å². The van der Waals surface area contributed by atoms with Gasteiger partial charge in [-0.25, -0.2) is 0 Å². The summed E-state index contributed by atoms with van der Waals surface area (Å²) >= 11 is 0. The van der Waals surface area contributed by atoms with Crippen LogP contribution in [0.2, 0.25) is 0 Å². The van der Waals surface area contributed by atoms with Crippen LogP contribution in [0.25, 0.3) is 0 Å². The Bertz CT molecular complexity index is 394. The van der Waals surface area contributed by atoms with Crippen LogP contribution in [0.3, 0.4) is 0 Å². The summed E-state index contributed by atoms with van der Waals surface area (Å²) in [5.74, 6) is 1.58. The van der Waals surface area contributed by atoms with Gasteiger partial charge < -0.3 is 19.9 Å². The maximum absolute atomic E-state index is 9.14. The van der Waals surface area contributed by atoms with Crippen molar-refractivity contribution in [2.75, 3.05) is 26.9 Å². The highest BCUT2D eigenvalue weighted by atomic mass is 16.6. The molecule has 2 N–H and O–H groups in total. The van der Waals surface area contributed by atoms with Gasteiger partial charge in [-0.15, -0.1) is 0 Å². The Labute approximate surface area is 102 Å². The first-order valence-corrected chi connectivity index (χ1v) is 5.89. The first-order valence-electron chi connectivity index (χ1n) is 5.89. The van der Waals surface area contributed by atoms with Crippen LogP contribution in [0.1, 0.15) is 18.9 Å². The Morgan fingerprint density at radius 3 is 2.65 bits per heavy atom. The molecule has 4 heteroatoms. The summed E-state index contributed by atoms with van der Waals surface area (Å²) in [7, 11) is 1.90. The van der Waals surface area contributed by atoms with E-state index in [1.54, 1.807) is 0 Å². The van der Waals surface area contributed by atoms with Crippen LogP contribution in [0.4, 0.5) is 0 Å². The third-order valence-corrected chi connectivity index (χ3v) is 3.34. The minimum absolute atomic E-state index is 0.145. The van der Waals surface area contributed by atoms with Gasteiger partial charge in [0.2, 0.25) is 0 Å². The second-order valence-corrected chi connectivity index (χ2v) is 4.41. The summed E-state index contributed by atoms with van der Waals surface area (Å²) in [5, 5.41) is 12.4. The van der Waals surface area contributed by atoms with Gasteiger partial charge in [0.1, 0.15) is 13.2 Å². The van der Waals surface area contributed by atoms with Crippen LogP contribution in [0.5, 0.6) is 11.5 Å². The van der Waals surface area contributed by atoms with E-state index in [1.165, 1.54) is 0 Å². The van der Waals surface area contributed by atoms with Crippen LogP contribution in [-0.2, 0) is 5.54 Å². The molecule has 0 saturated heterocycles. The Morgan fingerprint density at radius 1 is 1.29 bits per heavy atom. The molecule has 1 heterocycles. The van der Waals surface area contributed by atoms with E-state index in [0.29, 0.717) is 19.6 Å². The number of aliphatic hydroxyl groups is 1. The third-order valence-electron chi connectivity index (χ3n) is 3.34. The highest BCUT2D eigenvalue weighted by Crippen LogP contribution is 2.35. The lowest BCUT2D eigenvalue weighted by Crippen LogP contribution is -2.37. The quantitative estimate of drug-likeness (QED) is 0.828. The number of fused-ring (bicyclic) bond motifs is 1. The zero-order valence-corrected chi connectivity index (χ0v) is 10.3. The number of rotatable bonds is 4. The van der Waals surface area contributed by atoms with Crippen molar-refractivity contribution in [3.63, 3.8) is 0 Å². The van der Waals surface area contributed by atoms with E-state index < -0.39 is 0 Å². The van der Waals surface area contributed by atoms with Gasteiger partial charge in [0.05, 0.1) is 0 Å². The average Bonchev–Trinajstić information content (AvgIpc) is 2.38.